The Morgan fingerprint density at radius 1 is 0.957 bits per heavy atom. The Morgan fingerprint density at radius 3 is 2.65 bits per heavy atom. The standard InChI is InChI=1S/C16H11ClN4O2/c17-14-8-15(21-16(20-14)10-3-5-18-6-4-10)19-11-1-2-12-13(7-11)23-9-22-12/h1-8H,9H2,(H,19,20,21). The first-order valence-electron chi connectivity index (χ1n) is 6.89. The number of pyridine rings is 1. The molecule has 6 nitrogen and oxygen atoms in total. The summed E-state index contributed by atoms with van der Waals surface area (Å²) < 4.78 is 10.7. The van der Waals surface area contributed by atoms with Crippen molar-refractivity contribution in [3.05, 3.63) is 53.9 Å². The lowest BCUT2D eigenvalue weighted by Crippen LogP contribution is -1.98. The molecule has 0 bridgehead atoms. The van der Waals surface area contributed by atoms with Gasteiger partial charge in [0.05, 0.1) is 0 Å². The predicted molar refractivity (Wildman–Crippen MR) is 86.1 cm³/mol. The molecule has 23 heavy (non-hydrogen) atoms. The maximum absolute atomic E-state index is 6.11. The lowest BCUT2D eigenvalue weighted by atomic mass is 10.2. The predicted octanol–water partition coefficient (Wildman–Crippen LogP) is 3.66. The molecular formula is C16H11ClN4O2. The number of nitrogens with zero attached hydrogens (tertiary/aromatic N) is 3. The number of hydrogen-bond donors (Lipinski definition) is 1. The summed E-state index contributed by atoms with van der Waals surface area (Å²) >= 11 is 6.11. The van der Waals surface area contributed by atoms with Crippen LogP contribution in [0.4, 0.5) is 11.5 Å². The molecule has 2 aromatic heterocycles. The number of rotatable bonds is 3. The molecule has 114 valence electrons. The van der Waals surface area contributed by atoms with Crippen molar-refractivity contribution in [3.8, 4) is 22.9 Å². The van der Waals surface area contributed by atoms with Gasteiger partial charge < -0.3 is 14.8 Å². The zero-order valence-electron chi connectivity index (χ0n) is 11.9. The second-order valence-electron chi connectivity index (χ2n) is 4.83. The van der Waals surface area contributed by atoms with Crippen LogP contribution in [-0.4, -0.2) is 21.7 Å². The molecule has 1 N–H and O–H groups in total. The van der Waals surface area contributed by atoms with Crippen molar-refractivity contribution in [2.75, 3.05) is 12.1 Å². The molecular weight excluding hydrogens is 316 g/mol. The number of benzene rings is 1. The molecule has 0 radical (unpaired) electrons. The van der Waals surface area contributed by atoms with Crippen molar-refractivity contribution >= 4 is 23.1 Å². The number of halogens is 1. The van der Waals surface area contributed by atoms with Crippen LogP contribution >= 0.6 is 11.6 Å². The number of nitrogens with one attached hydrogen (secondary N) is 1. The largest absolute Gasteiger partial charge is 0.454 e. The normalized spacial score (nSPS) is 12.2. The first-order valence-corrected chi connectivity index (χ1v) is 7.27. The van der Waals surface area contributed by atoms with Crippen LogP contribution in [0.1, 0.15) is 0 Å². The van der Waals surface area contributed by atoms with E-state index in [0.717, 1.165) is 17.0 Å². The van der Waals surface area contributed by atoms with E-state index in [9.17, 15) is 0 Å². The van der Waals surface area contributed by atoms with Gasteiger partial charge in [-0.3, -0.25) is 4.98 Å². The first kappa shape index (κ1) is 13.8. The highest BCUT2D eigenvalue weighted by Gasteiger charge is 2.14. The summed E-state index contributed by atoms with van der Waals surface area (Å²) in [6.45, 7) is 0.240. The van der Waals surface area contributed by atoms with Gasteiger partial charge in [0.15, 0.2) is 17.3 Å². The lowest BCUT2D eigenvalue weighted by molar-refractivity contribution is 0.174. The minimum Gasteiger partial charge on any atom is -0.454 e. The highest BCUT2D eigenvalue weighted by molar-refractivity contribution is 6.29. The maximum atomic E-state index is 6.11. The van der Waals surface area contributed by atoms with Crippen LogP contribution < -0.4 is 14.8 Å². The van der Waals surface area contributed by atoms with E-state index in [1.165, 1.54) is 0 Å². The van der Waals surface area contributed by atoms with Crippen molar-refractivity contribution < 1.29 is 9.47 Å². The second kappa shape index (κ2) is 5.73. The topological polar surface area (TPSA) is 69.2 Å². The lowest BCUT2D eigenvalue weighted by Gasteiger charge is -2.08. The third kappa shape index (κ3) is 2.89. The van der Waals surface area contributed by atoms with Gasteiger partial charge in [-0.05, 0) is 24.3 Å². The summed E-state index contributed by atoms with van der Waals surface area (Å²) in [5.74, 6) is 2.55. The second-order valence-corrected chi connectivity index (χ2v) is 5.22. The fourth-order valence-electron chi connectivity index (χ4n) is 2.23. The summed E-state index contributed by atoms with van der Waals surface area (Å²) in [7, 11) is 0. The maximum Gasteiger partial charge on any atom is 0.231 e. The van der Waals surface area contributed by atoms with Crippen LogP contribution in [0.25, 0.3) is 11.4 Å². The van der Waals surface area contributed by atoms with Crippen LogP contribution in [0, 0.1) is 0 Å². The minimum absolute atomic E-state index is 0.240. The van der Waals surface area contributed by atoms with Gasteiger partial charge in [-0.2, -0.15) is 0 Å². The SMILES string of the molecule is Clc1cc(Nc2ccc3c(c2)OCO3)nc(-c2ccncc2)n1. The van der Waals surface area contributed by atoms with Crippen LogP contribution in [-0.2, 0) is 0 Å². The Balaban J connectivity index is 1.65. The van der Waals surface area contributed by atoms with E-state index in [4.69, 9.17) is 21.1 Å². The van der Waals surface area contributed by atoms with E-state index in [1.807, 2.05) is 30.3 Å². The Bertz CT molecular complexity index is 858. The average molecular weight is 327 g/mol. The van der Waals surface area contributed by atoms with E-state index in [2.05, 4.69) is 20.3 Å². The van der Waals surface area contributed by atoms with E-state index in [0.29, 0.717) is 22.5 Å². The molecule has 1 aromatic carbocycles. The van der Waals surface area contributed by atoms with Crippen LogP contribution in [0.3, 0.4) is 0 Å². The molecule has 3 aromatic rings. The van der Waals surface area contributed by atoms with E-state index < -0.39 is 0 Å². The van der Waals surface area contributed by atoms with Crippen molar-refractivity contribution in [1.29, 1.82) is 0 Å². The minimum atomic E-state index is 0.240. The van der Waals surface area contributed by atoms with Gasteiger partial charge in [-0.25, -0.2) is 9.97 Å². The molecule has 0 fully saturated rings. The summed E-state index contributed by atoms with van der Waals surface area (Å²) in [4.78, 5) is 12.7. The van der Waals surface area contributed by atoms with Crippen molar-refractivity contribution in [1.82, 2.24) is 15.0 Å². The molecule has 4 rings (SSSR count). The van der Waals surface area contributed by atoms with Crippen molar-refractivity contribution in [3.63, 3.8) is 0 Å². The molecule has 0 spiro atoms. The smallest absolute Gasteiger partial charge is 0.231 e. The number of anilines is 2. The molecule has 0 saturated heterocycles. The molecule has 7 heteroatoms. The number of aromatic nitrogens is 3. The number of hydrogen-bond acceptors (Lipinski definition) is 6. The fourth-order valence-corrected chi connectivity index (χ4v) is 2.42. The Kier molecular flexibility index (Phi) is 3.44. The third-order valence-corrected chi connectivity index (χ3v) is 3.47. The van der Waals surface area contributed by atoms with Crippen LogP contribution in [0.5, 0.6) is 11.5 Å². The van der Waals surface area contributed by atoms with Gasteiger partial charge in [-0.1, -0.05) is 11.6 Å². The Morgan fingerprint density at radius 2 is 1.78 bits per heavy atom. The summed E-state index contributed by atoms with van der Waals surface area (Å²) in [6.07, 6.45) is 3.37. The van der Waals surface area contributed by atoms with Gasteiger partial charge in [0.25, 0.3) is 0 Å². The van der Waals surface area contributed by atoms with E-state index >= 15 is 0 Å². The summed E-state index contributed by atoms with van der Waals surface area (Å²) in [6, 6.07) is 10.9. The zero-order valence-corrected chi connectivity index (χ0v) is 12.6. The van der Waals surface area contributed by atoms with Crippen molar-refractivity contribution in [2.45, 2.75) is 0 Å². The van der Waals surface area contributed by atoms with Gasteiger partial charge in [0, 0.05) is 35.8 Å². The molecule has 1 aliphatic rings. The number of fused-ring (bicyclic) bond motifs is 1. The van der Waals surface area contributed by atoms with Crippen LogP contribution in [0.15, 0.2) is 48.8 Å². The van der Waals surface area contributed by atoms with E-state index in [-0.39, 0.29) is 6.79 Å². The zero-order chi connectivity index (χ0) is 15.6. The van der Waals surface area contributed by atoms with Gasteiger partial charge in [-0.15, -0.1) is 0 Å². The van der Waals surface area contributed by atoms with Crippen LogP contribution in [0.2, 0.25) is 5.15 Å². The molecule has 1 aliphatic heterocycles. The molecule has 0 unspecified atom stereocenters. The van der Waals surface area contributed by atoms with Gasteiger partial charge in [0.2, 0.25) is 6.79 Å². The van der Waals surface area contributed by atoms with E-state index in [1.54, 1.807) is 18.5 Å². The Hall–Kier alpha value is -2.86. The monoisotopic (exact) mass is 326 g/mol. The van der Waals surface area contributed by atoms with Gasteiger partial charge in [0.1, 0.15) is 11.0 Å². The van der Waals surface area contributed by atoms with Crippen molar-refractivity contribution in [2.24, 2.45) is 0 Å². The highest BCUT2D eigenvalue weighted by atomic mass is 35.5. The molecule has 0 saturated carbocycles. The molecule has 3 heterocycles. The fraction of sp³-hybridized carbons (Fsp3) is 0.0625. The molecule has 0 amide bonds. The third-order valence-electron chi connectivity index (χ3n) is 3.28. The number of ether oxygens (including phenoxy) is 2. The first-order chi connectivity index (χ1) is 11.3. The average Bonchev–Trinajstić information content (AvgIpc) is 3.03. The summed E-state index contributed by atoms with van der Waals surface area (Å²) in [5.41, 5.74) is 1.67. The summed E-state index contributed by atoms with van der Waals surface area (Å²) in [5, 5.41) is 3.55. The molecule has 0 atom stereocenters. The highest BCUT2D eigenvalue weighted by Crippen LogP contribution is 2.35. The molecule has 0 aliphatic carbocycles. The van der Waals surface area contributed by atoms with Gasteiger partial charge >= 0.3 is 0 Å². The Labute approximate surface area is 137 Å². The quantitative estimate of drug-likeness (QED) is 0.741.